The summed E-state index contributed by atoms with van der Waals surface area (Å²) in [5.41, 5.74) is -0.405. The standard InChI is InChI=1S/C14H14N2O5/c1-21-7-11(14(19)20)16-13(18)10-6-8-4-2-3-5-9(8)12(17)15-10/h2-6,11H,7H2,1H3,(H,15,17)(H,16,18)(H,19,20). The molecule has 7 heteroatoms. The van der Waals surface area contributed by atoms with Crippen LogP contribution in [-0.4, -0.2) is 41.7 Å². The summed E-state index contributed by atoms with van der Waals surface area (Å²) >= 11 is 0. The number of carboxylic acids is 1. The molecule has 2 aromatic rings. The zero-order valence-corrected chi connectivity index (χ0v) is 11.3. The highest BCUT2D eigenvalue weighted by molar-refractivity contribution is 5.98. The number of aliphatic carboxylic acids is 1. The van der Waals surface area contributed by atoms with Gasteiger partial charge in [0.15, 0.2) is 6.04 Å². The first-order valence-corrected chi connectivity index (χ1v) is 6.17. The quantitative estimate of drug-likeness (QED) is 0.736. The van der Waals surface area contributed by atoms with Crippen molar-refractivity contribution in [1.29, 1.82) is 0 Å². The SMILES string of the molecule is COCC(NC(=O)c1cc2ccccc2c(=O)[nH]1)C(=O)O. The lowest BCUT2D eigenvalue weighted by molar-refractivity contribution is -0.140. The molecule has 2 rings (SSSR count). The lowest BCUT2D eigenvalue weighted by Gasteiger charge is -2.13. The topological polar surface area (TPSA) is 108 Å². The van der Waals surface area contributed by atoms with Crippen LogP contribution in [0.2, 0.25) is 0 Å². The molecule has 110 valence electrons. The van der Waals surface area contributed by atoms with Crippen LogP contribution in [0.1, 0.15) is 10.5 Å². The number of carboxylic acid groups (broad SMARTS) is 1. The number of hydrogen-bond acceptors (Lipinski definition) is 4. The Balaban J connectivity index is 2.31. The van der Waals surface area contributed by atoms with Gasteiger partial charge in [0, 0.05) is 12.5 Å². The highest BCUT2D eigenvalue weighted by Crippen LogP contribution is 2.09. The number of hydrogen-bond donors (Lipinski definition) is 3. The van der Waals surface area contributed by atoms with Crippen LogP contribution in [0.15, 0.2) is 35.1 Å². The molecule has 0 aliphatic carbocycles. The number of fused-ring (bicyclic) bond motifs is 1. The highest BCUT2D eigenvalue weighted by Gasteiger charge is 2.21. The molecule has 21 heavy (non-hydrogen) atoms. The number of H-pyrrole nitrogens is 1. The summed E-state index contributed by atoms with van der Waals surface area (Å²) < 4.78 is 4.73. The van der Waals surface area contributed by atoms with E-state index in [1.165, 1.54) is 13.2 Å². The molecular formula is C14H14N2O5. The average Bonchev–Trinajstić information content (AvgIpc) is 2.46. The maximum atomic E-state index is 12.0. The third-order valence-corrected chi connectivity index (χ3v) is 2.93. The monoisotopic (exact) mass is 290 g/mol. The number of aromatic nitrogens is 1. The highest BCUT2D eigenvalue weighted by atomic mass is 16.5. The normalized spacial score (nSPS) is 12.0. The first-order valence-electron chi connectivity index (χ1n) is 6.17. The minimum Gasteiger partial charge on any atom is -0.480 e. The Bertz CT molecular complexity index is 737. The molecule has 0 aliphatic rings. The van der Waals surface area contributed by atoms with Crippen LogP contribution < -0.4 is 10.9 Å². The number of aromatic amines is 1. The van der Waals surface area contributed by atoms with E-state index in [4.69, 9.17) is 9.84 Å². The van der Waals surface area contributed by atoms with Crippen LogP contribution in [0.4, 0.5) is 0 Å². The fraction of sp³-hybridized carbons (Fsp3) is 0.214. The van der Waals surface area contributed by atoms with E-state index in [2.05, 4.69) is 10.3 Å². The summed E-state index contributed by atoms with van der Waals surface area (Å²) in [5.74, 6) is -1.89. The molecule has 1 amide bonds. The Morgan fingerprint density at radius 3 is 2.76 bits per heavy atom. The molecule has 1 atom stereocenters. The molecule has 0 radical (unpaired) electrons. The summed E-state index contributed by atoms with van der Waals surface area (Å²) in [6.07, 6.45) is 0. The van der Waals surface area contributed by atoms with Gasteiger partial charge < -0.3 is 20.1 Å². The second-order valence-corrected chi connectivity index (χ2v) is 4.42. The molecule has 0 bridgehead atoms. The summed E-state index contributed by atoms with van der Waals surface area (Å²) in [5, 5.41) is 12.3. The predicted molar refractivity (Wildman–Crippen MR) is 75.3 cm³/mol. The van der Waals surface area contributed by atoms with Gasteiger partial charge in [-0.1, -0.05) is 18.2 Å². The van der Waals surface area contributed by atoms with Crippen molar-refractivity contribution in [2.45, 2.75) is 6.04 Å². The maximum absolute atomic E-state index is 12.0. The van der Waals surface area contributed by atoms with Gasteiger partial charge in [-0.25, -0.2) is 4.79 Å². The van der Waals surface area contributed by atoms with Gasteiger partial charge in [-0.3, -0.25) is 9.59 Å². The number of carbonyl (C=O) groups excluding carboxylic acids is 1. The molecule has 0 aliphatic heterocycles. The van der Waals surface area contributed by atoms with Gasteiger partial charge in [0.05, 0.1) is 6.61 Å². The van der Waals surface area contributed by atoms with Gasteiger partial charge >= 0.3 is 5.97 Å². The average molecular weight is 290 g/mol. The largest absolute Gasteiger partial charge is 0.480 e. The van der Waals surface area contributed by atoms with Crippen molar-refractivity contribution >= 4 is 22.6 Å². The smallest absolute Gasteiger partial charge is 0.328 e. The van der Waals surface area contributed by atoms with Gasteiger partial charge in [0.2, 0.25) is 0 Å². The van der Waals surface area contributed by atoms with Crippen LogP contribution in [0.3, 0.4) is 0 Å². The van der Waals surface area contributed by atoms with Gasteiger partial charge in [0.25, 0.3) is 11.5 Å². The second kappa shape index (κ2) is 6.19. The fourth-order valence-corrected chi connectivity index (χ4v) is 1.91. The zero-order valence-electron chi connectivity index (χ0n) is 11.3. The van der Waals surface area contributed by atoms with Crippen molar-refractivity contribution in [2.24, 2.45) is 0 Å². The molecule has 3 N–H and O–H groups in total. The Hall–Kier alpha value is -2.67. The molecule has 1 heterocycles. The van der Waals surface area contributed by atoms with E-state index >= 15 is 0 Å². The minimum atomic E-state index is -1.21. The van der Waals surface area contributed by atoms with Crippen molar-refractivity contribution < 1.29 is 19.4 Å². The first-order chi connectivity index (χ1) is 10.0. The van der Waals surface area contributed by atoms with Crippen molar-refractivity contribution in [1.82, 2.24) is 10.3 Å². The van der Waals surface area contributed by atoms with Gasteiger partial charge in [-0.15, -0.1) is 0 Å². The van der Waals surface area contributed by atoms with E-state index in [1.54, 1.807) is 24.3 Å². The second-order valence-electron chi connectivity index (χ2n) is 4.42. The van der Waals surface area contributed by atoms with Gasteiger partial charge in [-0.05, 0) is 17.5 Å². The lowest BCUT2D eigenvalue weighted by Crippen LogP contribution is -2.44. The van der Waals surface area contributed by atoms with E-state index in [9.17, 15) is 14.4 Å². The van der Waals surface area contributed by atoms with Gasteiger partial charge in [-0.2, -0.15) is 0 Å². The first kappa shape index (κ1) is 14.7. The molecule has 0 saturated carbocycles. The number of nitrogens with one attached hydrogen (secondary N) is 2. The van der Waals surface area contributed by atoms with Crippen LogP contribution in [0.5, 0.6) is 0 Å². The number of methoxy groups -OCH3 is 1. The Kier molecular flexibility index (Phi) is 4.34. The van der Waals surface area contributed by atoms with Crippen LogP contribution in [-0.2, 0) is 9.53 Å². The molecule has 1 aromatic heterocycles. The fourth-order valence-electron chi connectivity index (χ4n) is 1.91. The third-order valence-electron chi connectivity index (χ3n) is 2.93. The van der Waals surface area contributed by atoms with Crippen molar-refractivity contribution in [3.8, 4) is 0 Å². The summed E-state index contributed by atoms with van der Waals surface area (Å²) in [6, 6.07) is 7.12. The van der Waals surface area contributed by atoms with Crippen LogP contribution >= 0.6 is 0 Å². The third kappa shape index (κ3) is 3.26. The Labute approximate surface area is 119 Å². The zero-order chi connectivity index (χ0) is 15.4. The number of ether oxygens (including phenoxy) is 1. The van der Waals surface area contributed by atoms with Crippen LogP contribution in [0.25, 0.3) is 10.8 Å². The number of rotatable bonds is 5. The van der Waals surface area contributed by atoms with E-state index in [-0.39, 0.29) is 12.3 Å². The lowest BCUT2D eigenvalue weighted by atomic mass is 10.1. The van der Waals surface area contributed by atoms with Gasteiger partial charge in [0.1, 0.15) is 5.69 Å². The molecule has 7 nitrogen and oxygen atoms in total. The maximum Gasteiger partial charge on any atom is 0.328 e. The van der Waals surface area contributed by atoms with E-state index < -0.39 is 23.5 Å². The molecule has 1 unspecified atom stereocenters. The van der Waals surface area contributed by atoms with Crippen molar-refractivity contribution in [2.75, 3.05) is 13.7 Å². The number of amides is 1. The predicted octanol–water partition coefficient (Wildman–Crippen LogP) is 0.358. The van der Waals surface area contributed by atoms with E-state index in [1.807, 2.05) is 0 Å². The number of pyridine rings is 1. The Morgan fingerprint density at radius 2 is 2.10 bits per heavy atom. The summed E-state index contributed by atoms with van der Waals surface area (Å²) in [7, 11) is 1.33. The summed E-state index contributed by atoms with van der Waals surface area (Å²) in [6.45, 7) is -0.168. The molecule has 1 aromatic carbocycles. The van der Waals surface area contributed by atoms with Crippen LogP contribution in [0, 0.1) is 0 Å². The summed E-state index contributed by atoms with van der Waals surface area (Å²) in [4.78, 5) is 37.3. The number of carbonyl (C=O) groups is 2. The molecule has 0 saturated heterocycles. The minimum absolute atomic E-state index is 0.000975. The van der Waals surface area contributed by atoms with Crippen molar-refractivity contribution in [3.05, 3.63) is 46.4 Å². The molecule has 0 spiro atoms. The number of benzene rings is 1. The van der Waals surface area contributed by atoms with E-state index in [0.717, 1.165) is 0 Å². The van der Waals surface area contributed by atoms with E-state index in [0.29, 0.717) is 10.8 Å². The molecule has 0 fully saturated rings. The molecular weight excluding hydrogens is 276 g/mol. The van der Waals surface area contributed by atoms with Crippen molar-refractivity contribution in [3.63, 3.8) is 0 Å². The Morgan fingerprint density at radius 1 is 1.38 bits per heavy atom.